The van der Waals surface area contributed by atoms with Crippen LogP contribution in [-0.4, -0.2) is 55.1 Å². The number of halogens is 4. The van der Waals surface area contributed by atoms with Gasteiger partial charge in [0.05, 0.1) is 21.8 Å². The first-order valence-electron chi connectivity index (χ1n) is 13.2. The molecule has 2 amide bonds. The Bertz CT molecular complexity index is 1410. The predicted molar refractivity (Wildman–Crippen MR) is 151 cm³/mol. The van der Waals surface area contributed by atoms with Crippen molar-refractivity contribution in [2.24, 2.45) is 5.73 Å². The Morgan fingerprint density at radius 3 is 2.41 bits per heavy atom. The van der Waals surface area contributed by atoms with Crippen molar-refractivity contribution < 1.29 is 31.2 Å². The molecule has 2 aromatic carbocycles. The van der Waals surface area contributed by atoms with Crippen LogP contribution in [0, 0.1) is 0 Å². The van der Waals surface area contributed by atoms with Crippen LogP contribution in [0.2, 0.25) is 5.02 Å². The van der Waals surface area contributed by atoms with Gasteiger partial charge in [0, 0.05) is 35.8 Å². The maximum atomic E-state index is 14.1. The van der Waals surface area contributed by atoms with Crippen LogP contribution in [0.4, 0.5) is 13.2 Å². The van der Waals surface area contributed by atoms with E-state index in [0.29, 0.717) is 25.9 Å². The minimum Gasteiger partial charge on any atom is -0.348 e. The third kappa shape index (κ3) is 8.43. The van der Waals surface area contributed by atoms with Gasteiger partial charge in [0.1, 0.15) is 0 Å². The number of carbonyl (C=O) groups excluding carboxylic acids is 2. The van der Waals surface area contributed by atoms with Gasteiger partial charge in [-0.3, -0.25) is 14.5 Å². The Morgan fingerprint density at radius 1 is 1.12 bits per heavy atom. The number of hydrogen-bond donors (Lipinski definition) is 3. The highest BCUT2D eigenvalue weighted by Crippen LogP contribution is 2.34. The maximum absolute atomic E-state index is 14.1. The Labute approximate surface area is 243 Å². The summed E-state index contributed by atoms with van der Waals surface area (Å²) >= 11 is 6.01. The van der Waals surface area contributed by atoms with Gasteiger partial charge in [-0.15, -0.1) is 0 Å². The summed E-state index contributed by atoms with van der Waals surface area (Å²) in [5, 5.41) is 5.71. The maximum Gasteiger partial charge on any atom is 0.416 e. The first kappa shape index (κ1) is 32.8. The minimum atomic E-state index is -4.72. The summed E-state index contributed by atoms with van der Waals surface area (Å²) in [5.41, 5.74) is 3.21. The van der Waals surface area contributed by atoms with Gasteiger partial charge in [-0.2, -0.15) is 13.2 Å². The fourth-order valence-electron chi connectivity index (χ4n) is 4.80. The molecule has 0 radical (unpaired) electrons. The molecule has 13 heteroatoms. The van der Waals surface area contributed by atoms with Crippen molar-refractivity contribution in [1.29, 1.82) is 0 Å². The number of sulfone groups is 1. The van der Waals surface area contributed by atoms with Crippen LogP contribution in [0.25, 0.3) is 0 Å². The predicted octanol–water partition coefficient (Wildman–Crippen LogP) is 4.29. The van der Waals surface area contributed by atoms with Crippen molar-refractivity contribution in [3.8, 4) is 0 Å². The number of rotatable bonds is 9. The third-order valence-electron chi connectivity index (χ3n) is 7.02. The molecule has 1 aliphatic heterocycles. The van der Waals surface area contributed by atoms with Gasteiger partial charge in [0.2, 0.25) is 5.91 Å². The summed E-state index contributed by atoms with van der Waals surface area (Å²) in [5.74, 6) is -1.30. The van der Waals surface area contributed by atoms with E-state index in [1.807, 2.05) is 11.8 Å². The van der Waals surface area contributed by atoms with Gasteiger partial charge in [-0.05, 0) is 81.6 Å². The Kier molecular flexibility index (Phi) is 9.84. The number of amides is 2. The van der Waals surface area contributed by atoms with E-state index in [0.717, 1.165) is 6.07 Å². The van der Waals surface area contributed by atoms with Gasteiger partial charge in [-0.1, -0.05) is 24.6 Å². The quantitative estimate of drug-likeness (QED) is 0.387. The van der Waals surface area contributed by atoms with Crippen molar-refractivity contribution in [3.63, 3.8) is 0 Å². The molecular formula is C28H36ClF3N4O4S. The zero-order chi connectivity index (χ0) is 30.8. The lowest BCUT2D eigenvalue weighted by atomic mass is 9.89. The lowest BCUT2D eigenvalue weighted by molar-refractivity contribution is -0.138. The number of piperidine rings is 1. The molecule has 3 rings (SSSR count). The zero-order valence-corrected chi connectivity index (χ0v) is 25.1. The number of benzene rings is 2. The smallest absolute Gasteiger partial charge is 0.348 e. The van der Waals surface area contributed by atoms with Crippen molar-refractivity contribution in [1.82, 2.24) is 15.5 Å². The van der Waals surface area contributed by atoms with Crippen LogP contribution < -0.4 is 16.4 Å². The van der Waals surface area contributed by atoms with Crippen LogP contribution in [-0.2, 0) is 33.9 Å². The molecule has 1 heterocycles. The van der Waals surface area contributed by atoms with Gasteiger partial charge in [0.15, 0.2) is 9.84 Å². The van der Waals surface area contributed by atoms with Crippen LogP contribution in [0.3, 0.4) is 0 Å². The Hall–Kier alpha value is -2.67. The van der Waals surface area contributed by atoms with Crippen molar-refractivity contribution in [2.75, 3.05) is 18.8 Å². The third-order valence-corrected chi connectivity index (χ3v) is 9.09. The molecule has 0 aliphatic carbocycles. The molecule has 1 aliphatic rings. The van der Waals surface area contributed by atoms with Crippen molar-refractivity contribution >= 4 is 33.3 Å². The van der Waals surface area contributed by atoms with Gasteiger partial charge < -0.3 is 16.4 Å². The van der Waals surface area contributed by atoms with Gasteiger partial charge in [0.25, 0.3) is 5.91 Å². The summed E-state index contributed by atoms with van der Waals surface area (Å²) in [6, 6.07) is 7.54. The van der Waals surface area contributed by atoms with E-state index in [9.17, 15) is 31.2 Å². The topological polar surface area (TPSA) is 122 Å². The number of alkyl halides is 3. The molecule has 1 fully saturated rings. The van der Waals surface area contributed by atoms with E-state index in [4.69, 9.17) is 17.3 Å². The number of nitrogens with two attached hydrogens (primary N) is 1. The monoisotopic (exact) mass is 616 g/mol. The van der Waals surface area contributed by atoms with E-state index in [-0.39, 0.29) is 51.4 Å². The van der Waals surface area contributed by atoms with E-state index in [1.54, 1.807) is 13.8 Å². The summed E-state index contributed by atoms with van der Waals surface area (Å²) in [7, 11) is -3.62. The fourth-order valence-corrected chi connectivity index (χ4v) is 6.11. The molecule has 0 spiro atoms. The molecular weight excluding hydrogens is 581 g/mol. The second-order valence-corrected chi connectivity index (χ2v) is 13.9. The minimum absolute atomic E-state index is 0.00391. The number of nitrogens with zero attached hydrogens (tertiary/aromatic N) is 1. The van der Waals surface area contributed by atoms with Crippen LogP contribution in [0.15, 0.2) is 41.3 Å². The number of likely N-dealkylation sites (tertiary alicyclic amines) is 1. The highest BCUT2D eigenvalue weighted by atomic mass is 35.5. The molecule has 1 saturated heterocycles. The summed E-state index contributed by atoms with van der Waals surface area (Å²) < 4.78 is 67.2. The van der Waals surface area contributed by atoms with Crippen molar-refractivity contribution in [3.05, 3.63) is 63.7 Å². The first-order chi connectivity index (χ1) is 18.8. The molecule has 1 atom stereocenters. The van der Waals surface area contributed by atoms with E-state index in [2.05, 4.69) is 10.6 Å². The molecule has 0 aromatic heterocycles. The second-order valence-electron chi connectivity index (χ2n) is 11.3. The molecule has 0 saturated carbocycles. The lowest BCUT2D eigenvalue weighted by Gasteiger charge is -2.42. The highest BCUT2D eigenvalue weighted by molar-refractivity contribution is 7.91. The average Bonchev–Trinajstić information content (AvgIpc) is 2.86. The van der Waals surface area contributed by atoms with Gasteiger partial charge >= 0.3 is 6.18 Å². The molecule has 226 valence electrons. The molecule has 8 nitrogen and oxygen atoms in total. The summed E-state index contributed by atoms with van der Waals surface area (Å²) in [4.78, 5) is 27.2. The van der Waals surface area contributed by atoms with E-state index >= 15 is 0 Å². The normalized spacial score (nSPS) is 18.7. The first-order valence-corrected chi connectivity index (χ1v) is 15.2. The molecule has 2 aromatic rings. The second kappa shape index (κ2) is 12.3. The summed E-state index contributed by atoms with van der Waals surface area (Å²) in [6.07, 6.45) is -3.40. The SMILES string of the molecule is CCS(=O)(=O)c1ccc(Cl)cc1CNC(=O)c1ccc(CN2CCC[C@@](C)(NC(=O)C(C)(C)N)C2)c(C(F)(F)F)c1. The fraction of sp³-hybridized carbons (Fsp3) is 0.500. The number of nitrogens with one attached hydrogen (secondary N) is 2. The van der Waals surface area contributed by atoms with E-state index in [1.165, 1.54) is 37.3 Å². The van der Waals surface area contributed by atoms with Crippen LogP contribution >= 0.6 is 11.6 Å². The molecule has 4 N–H and O–H groups in total. The standard InChI is InChI=1S/C28H36ClF3N4O4S/c1-5-41(39,40)23-10-9-21(29)13-20(23)15-34-24(37)18-7-8-19(22(14-18)28(30,31)32)16-36-12-6-11-27(4,17-36)35-25(38)26(2,3)33/h7-10,13-14H,5-6,11-12,15-17,33H2,1-4H3,(H,34,37)(H,35,38)/t27-/m1/s1. The molecule has 41 heavy (non-hydrogen) atoms. The Morgan fingerprint density at radius 2 is 1.80 bits per heavy atom. The largest absolute Gasteiger partial charge is 0.416 e. The van der Waals surface area contributed by atoms with Crippen LogP contribution in [0.1, 0.15) is 67.6 Å². The van der Waals surface area contributed by atoms with Crippen molar-refractivity contribution in [2.45, 2.75) is 75.8 Å². The highest BCUT2D eigenvalue weighted by Gasteiger charge is 2.38. The van der Waals surface area contributed by atoms with E-state index < -0.39 is 38.6 Å². The molecule has 0 bridgehead atoms. The number of hydrogen-bond acceptors (Lipinski definition) is 6. The lowest BCUT2D eigenvalue weighted by Crippen LogP contribution is -2.61. The average molecular weight is 617 g/mol. The number of carbonyl (C=O) groups is 2. The molecule has 0 unspecified atom stereocenters. The Balaban J connectivity index is 1.80. The summed E-state index contributed by atoms with van der Waals surface area (Å²) in [6.45, 7) is 7.09. The van der Waals surface area contributed by atoms with Gasteiger partial charge in [-0.25, -0.2) is 8.42 Å². The zero-order valence-electron chi connectivity index (χ0n) is 23.5. The van der Waals surface area contributed by atoms with Crippen LogP contribution in [0.5, 0.6) is 0 Å².